The summed E-state index contributed by atoms with van der Waals surface area (Å²) in [5.74, 6) is 0.384. The quantitative estimate of drug-likeness (QED) is 0.581. The first kappa shape index (κ1) is 19.4. The van der Waals surface area contributed by atoms with E-state index in [0.717, 1.165) is 16.9 Å². The minimum atomic E-state index is -0.181. The second-order valence-electron chi connectivity index (χ2n) is 7.03. The fourth-order valence-electron chi connectivity index (χ4n) is 2.15. The second-order valence-corrected chi connectivity index (χ2v) is 9.23. The number of hydrogen-bond donors (Lipinski definition) is 2. The fraction of sp³-hybridized carbons (Fsp3) is 0.333. The minimum Gasteiger partial charge on any atom is -0.338 e. The summed E-state index contributed by atoms with van der Waals surface area (Å²) in [5, 5.41) is 18.8. The molecule has 0 aliphatic carbocycles. The van der Waals surface area contributed by atoms with E-state index >= 15 is 0 Å². The number of thioether (sulfide) groups is 1. The molecule has 0 bridgehead atoms. The predicted octanol–water partition coefficient (Wildman–Crippen LogP) is 4.61. The van der Waals surface area contributed by atoms with E-state index in [9.17, 15) is 4.79 Å². The van der Waals surface area contributed by atoms with E-state index in [1.165, 1.54) is 23.1 Å². The largest absolute Gasteiger partial charge is 0.338 e. The van der Waals surface area contributed by atoms with E-state index in [0.29, 0.717) is 15.4 Å². The Kier molecular flexibility index (Phi) is 5.81. The first-order chi connectivity index (χ1) is 12.8. The van der Waals surface area contributed by atoms with Gasteiger partial charge in [-0.1, -0.05) is 61.2 Å². The third-order valence-electron chi connectivity index (χ3n) is 3.54. The molecule has 0 saturated heterocycles. The van der Waals surface area contributed by atoms with Crippen molar-refractivity contribution in [3.63, 3.8) is 0 Å². The first-order valence-electron chi connectivity index (χ1n) is 8.36. The predicted molar refractivity (Wildman–Crippen MR) is 109 cm³/mol. The summed E-state index contributed by atoms with van der Waals surface area (Å²) in [6.07, 6.45) is 0. The molecule has 0 atom stereocenters. The molecule has 1 aromatic carbocycles. The van der Waals surface area contributed by atoms with Gasteiger partial charge in [0.1, 0.15) is 0 Å². The highest BCUT2D eigenvalue weighted by molar-refractivity contribution is 8.01. The highest BCUT2D eigenvalue weighted by Crippen LogP contribution is 2.28. The zero-order valence-corrected chi connectivity index (χ0v) is 17.2. The topological polar surface area (TPSA) is 92.9 Å². The number of nitrogens with zero attached hydrogens (tertiary/aromatic N) is 3. The van der Waals surface area contributed by atoms with Crippen LogP contribution in [-0.4, -0.2) is 27.0 Å². The van der Waals surface area contributed by atoms with Crippen LogP contribution in [0.25, 0.3) is 0 Å². The summed E-state index contributed by atoms with van der Waals surface area (Å²) in [5.41, 5.74) is 2.79. The van der Waals surface area contributed by atoms with Crippen molar-refractivity contribution in [2.45, 2.75) is 37.4 Å². The van der Waals surface area contributed by atoms with Crippen molar-refractivity contribution in [3.8, 4) is 0 Å². The normalized spacial score (nSPS) is 11.4. The van der Waals surface area contributed by atoms with Gasteiger partial charge in [-0.3, -0.25) is 10.1 Å². The number of anilines is 3. The van der Waals surface area contributed by atoms with Gasteiger partial charge in [-0.2, -0.15) is 0 Å². The lowest BCUT2D eigenvalue weighted by Gasteiger charge is -2.12. The van der Waals surface area contributed by atoms with E-state index in [1.54, 1.807) is 6.07 Å². The number of aryl methyl sites for hydroxylation is 1. The molecule has 0 unspecified atom stereocenters. The van der Waals surface area contributed by atoms with Gasteiger partial charge in [0.2, 0.25) is 16.9 Å². The molecule has 7 nitrogen and oxygen atoms in total. The molecule has 2 aromatic heterocycles. The van der Waals surface area contributed by atoms with Gasteiger partial charge < -0.3 is 9.84 Å². The standard InChI is InChI=1S/C18H21N5O2S2/c1-11-6-5-7-12(8-11)19-16-21-22-17(27-16)26-10-14(24)20-15-9-13(23-25-15)18(2,3)4/h5-9H,10H2,1-4H3,(H,19,21)(H,20,24). The number of nitrogens with one attached hydrogen (secondary N) is 2. The smallest absolute Gasteiger partial charge is 0.237 e. The van der Waals surface area contributed by atoms with Crippen LogP contribution in [0.4, 0.5) is 16.7 Å². The number of amides is 1. The molecular formula is C18H21N5O2S2. The Morgan fingerprint density at radius 3 is 2.78 bits per heavy atom. The van der Waals surface area contributed by atoms with Gasteiger partial charge in [0.15, 0.2) is 4.34 Å². The van der Waals surface area contributed by atoms with Crippen molar-refractivity contribution in [1.82, 2.24) is 15.4 Å². The SMILES string of the molecule is Cc1cccc(Nc2nnc(SCC(=O)Nc3cc(C(C)(C)C)no3)s2)c1. The number of carbonyl (C=O) groups is 1. The van der Waals surface area contributed by atoms with Crippen molar-refractivity contribution in [2.24, 2.45) is 0 Å². The zero-order valence-electron chi connectivity index (χ0n) is 15.6. The number of benzene rings is 1. The van der Waals surface area contributed by atoms with Crippen LogP contribution >= 0.6 is 23.1 Å². The molecular weight excluding hydrogens is 382 g/mol. The lowest BCUT2D eigenvalue weighted by molar-refractivity contribution is -0.113. The maximum Gasteiger partial charge on any atom is 0.237 e. The van der Waals surface area contributed by atoms with Crippen molar-refractivity contribution >= 4 is 45.7 Å². The van der Waals surface area contributed by atoms with Crippen molar-refractivity contribution in [3.05, 3.63) is 41.6 Å². The number of rotatable bonds is 6. The van der Waals surface area contributed by atoms with Crippen LogP contribution in [0.1, 0.15) is 32.0 Å². The molecule has 0 saturated carbocycles. The lowest BCUT2D eigenvalue weighted by Crippen LogP contribution is -2.14. The van der Waals surface area contributed by atoms with Gasteiger partial charge >= 0.3 is 0 Å². The average molecular weight is 404 g/mol. The molecule has 3 rings (SSSR count). The summed E-state index contributed by atoms with van der Waals surface area (Å²) >= 11 is 2.73. The molecule has 2 N–H and O–H groups in total. The van der Waals surface area contributed by atoms with Gasteiger partial charge in [-0.25, -0.2) is 0 Å². The van der Waals surface area contributed by atoms with Gasteiger partial charge in [0.25, 0.3) is 0 Å². The Balaban J connectivity index is 1.51. The van der Waals surface area contributed by atoms with Crippen LogP contribution in [0.3, 0.4) is 0 Å². The van der Waals surface area contributed by atoms with Crippen molar-refractivity contribution < 1.29 is 9.32 Å². The monoisotopic (exact) mass is 403 g/mol. The van der Waals surface area contributed by atoms with Gasteiger partial charge in [0.05, 0.1) is 11.4 Å². The Hall–Kier alpha value is -2.39. The van der Waals surface area contributed by atoms with Crippen LogP contribution in [-0.2, 0) is 10.2 Å². The fourth-order valence-corrected chi connectivity index (χ4v) is 3.73. The van der Waals surface area contributed by atoms with E-state index in [-0.39, 0.29) is 17.1 Å². The lowest BCUT2D eigenvalue weighted by atomic mass is 9.92. The molecule has 3 aromatic rings. The van der Waals surface area contributed by atoms with E-state index in [4.69, 9.17) is 4.52 Å². The second kappa shape index (κ2) is 8.10. The highest BCUT2D eigenvalue weighted by atomic mass is 32.2. The summed E-state index contributed by atoms with van der Waals surface area (Å²) < 4.78 is 5.88. The Labute approximate surface area is 165 Å². The van der Waals surface area contributed by atoms with Crippen LogP contribution in [0, 0.1) is 6.92 Å². The summed E-state index contributed by atoms with van der Waals surface area (Å²) in [6, 6.07) is 9.76. The van der Waals surface area contributed by atoms with Crippen molar-refractivity contribution in [1.29, 1.82) is 0 Å². The summed E-state index contributed by atoms with van der Waals surface area (Å²) in [7, 11) is 0. The third kappa shape index (κ3) is 5.54. The average Bonchev–Trinajstić information content (AvgIpc) is 3.22. The molecule has 142 valence electrons. The van der Waals surface area contributed by atoms with Crippen LogP contribution in [0.15, 0.2) is 39.2 Å². The molecule has 1 amide bonds. The molecule has 2 heterocycles. The molecule has 0 radical (unpaired) electrons. The van der Waals surface area contributed by atoms with Crippen LogP contribution < -0.4 is 10.6 Å². The zero-order chi connectivity index (χ0) is 19.4. The van der Waals surface area contributed by atoms with Gasteiger partial charge in [-0.05, 0) is 24.6 Å². The first-order valence-corrected chi connectivity index (χ1v) is 10.2. The van der Waals surface area contributed by atoms with Gasteiger partial charge in [-0.15, -0.1) is 10.2 Å². The van der Waals surface area contributed by atoms with E-state index in [2.05, 4.69) is 26.0 Å². The van der Waals surface area contributed by atoms with Crippen LogP contribution in [0.2, 0.25) is 0 Å². The number of aromatic nitrogens is 3. The van der Waals surface area contributed by atoms with Crippen LogP contribution in [0.5, 0.6) is 0 Å². The highest BCUT2D eigenvalue weighted by Gasteiger charge is 2.19. The molecule has 0 fully saturated rings. The Bertz CT molecular complexity index is 930. The number of hydrogen-bond acceptors (Lipinski definition) is 8. The third-order valence-corrected chi connectivity index (χ3v) is 5.52. The minimum absolute atomic E-state index is 0.130. The molecule has 9 heteroatoms. The van der Waals surface area contributed by atoms with E-state index in [1.807, 2.05) is 52.0 Å². The number of carbonyl (C=O) groups excluding carboxylic acids is 1. The van der Waals surface area contributed by atoms with E-state index < -0.39 is 0 Å². The molecule has 0 aliphatic heterocycles. The molecule has 27 heavy (non-hydrogen) atoms. The van der Waals surface area contributed by atoms with Gasteiger partial charge in [0, 0.05) is 17.2 Å². The summed E-state index contributed by atoms with van der Waals surface area (Å²) in [4.78, 5) is 12.1. The Morgan fingerprint density at radius 1 is 1.26 bits per heavy atom. The Morgan fingerprint density at radius 2 is 2.07 bits per heavy atom. The maximum absolute atomic E-state index is 12.1. The maximum atomic E-state index is 12.1. The molecule has 0 spiro atoms. The molecule has 0 aliphatic rings. The summed E-state index contributed by atoms with van der Waals surface area (Å²) in [6.45, 7) is 8.13. The van der Waals surface area contributed by atoms with Crippen molar-refractivity contribution in [2.75, 3.05) is 16.4 Å².